The van der Waals surface area contributed by atoms with E-state index in [4.69, 9.17) is 3.02 Å². The van der Waals surface area contributed by atoms with Gasteiger partial charge in [0, 0.05) is 0 Å². The molecule has 0 radical (unpaired) electrons. The molecule has 5 aromatic rings. The van der Waals surface area contributed by atoms with Crippen LogP contribution in [-0.2, 0) is 5.41 Å². The zero-order chi connectivity index (χ0) is 25.1. The van der Waals surface area contributed by atoms with Gasteiger partial charge in [-0.25, -0.2) is 0 Å². The van der Waals surface area contributed by atoms with Crippen LogP contribution in [0.4, 0.5) is 0 Å². The van der Waals surface area contributed by atoms with Gasteiger partial charge in [0.1, 0.15) is 0 Å². The molecule has 0 amide bonds. The van der Waals surface area contributed by atoms with Crippen LogP contribution in [0, 0.1) is 0 Å². The summed E-state index contributed by atoms with van der Waals surface area (Å²) in [5.74, 6) is 0.951. The van der Waals surface area contributed by atoms with Crippen LogP contribution >= 0.6 is 0 Å². The maximum absolute atomic E-state index is 7.89. The monoisotopic (exact) mass is 578 g/mol. The number of para-hydroxylation sites is 1. The van der Waals surface area contributed by atoms with Crippen LogP contribution in [-0.4, -0.2) is 17.8 Å². The SMILES string of the molecule is CC(C)(C)c1ccccc1[O][Sb]([c]1ccccc1)([c]1ccccc1)([c]1ccccc1)[c]1ccccc1. The van der Waals surface area contributed by atoms with E-state index in [1.54, 1.807) is 0 Å². The van der Waals surface area contributed by atoms with E-state index in [2.05, 4.69) is 166 Å². The van der Waals surface area contributed by atoms with Gasteiger partial charge in [-0.1, -0.05) is 0 Å². The first-order valence-corrected chi connectivity index (χ1v) is 18.6. The quantitative estimate of drug-likeness (QED) is 0.228. The summed E-state index contributed by atoms with van der Waals surface area (Å²) in [5, 5.41) is 0. The molecule has 0 heterocycles. The normalized spacial score (nSPS) is 12.9. The molecular formula is C34H33OSb. The van der Waals surface area contributed by atoms with Crippen LogP contribution in [0.1, 0.15) is 26.3 Å². The van der Waals surface area contributed by atoms with Crippen LogP contribution in [0.15, 0.2) is 146 Å². The van der Waals surface area contributed by atoms with E-state index in [0.717, 1.165) is 5.75 Å². The Morgan fingerprint density at radius 1 is 0.417 bits per heavy atom. The fourth-order valence-corrected chi connectivity index (χ4v) is 21.7. The van der Waals surface area contributed by atoms with Crippen molar-refractivity contribution in [2.75, 3.05) is 0 Å². The van der Waals surface area contributed by atoms with E-state index in [1.165, 1.54) is 19.6 Å². The molecule has 0 spiro atoms. The molecule has 180 valence electrons. The third-order valence-corrected chi connectivity index (χ3v) is 23.2. The summed E-state index contributed by atoms with van der Waals surface area (Å²) in [4.78, 5) is 0. The molecule has 5 aromatic carbocycles. The number of hydrogen-bond acceptors (Lipinski definition) is 1. The Morgan fingerprint density at radius 2 is 0.722 bits per heavy atom. The molecule has 0 saturated carbocycles. The van der Waals surface area contributed by atoms with Crippen LogP contribution < -0.4 is 17.1 Å². The molecule has 2 heteroatoms. The van der Waals surface area contributed by atoms with Gasteiger partial charge in [-0.05, 0) is 0 Å². The van der Waals surface area contributed by atoms with Crippen molar-refractivity contribution in [3.63, 3.8) is 0 Å². The number of benzene rings is 5. The minimum absolute atomic E-state index is 0.0746. The Kier molecular flexibility index (Phi) is 6.54. The second kappa shape index (κ2) is 9.64. The van der Waals surface area contributed by atoms with E-state index >= 15 is 0 Å². The van der Waals surface area contributed by atoms with E-state index in [9.17, 15) is 0 Å². The topological polar surface area (TPSA) is 9.23 Å². The summed E-state index contributed by atoms with van der Waals surface area (Å²) in [6, 6.07) is 52.3. The first-order valence-electron chi connectivity index (χ1n) is 12.5. The Labute approximate surface area is 217 Å². The molecule has 0 aromatic heterocycles. The van der Waals surface area contributed by atoms with Crippen molar-refractivity contribution in [3.05, 3.63) is 151 Å². The van der Waals surface area contributed by atoms with E-state index in [0.29, 0.717) is 0 Å². The summed E-state index contributed by atoms with van der Waals surface area (Å²) in [5.41, 5.74) is 1.14. The molecule has 0 aliphatic carbocycles. The molecule has 0 bridgehead atoms. The molecule has 36 heavy (non-hydrogen) atoms. The van der Waals surface area contributed by atoms with Crippen LogP contribution in [0.3, 0.4) is 0 Å². The fraction of sp³-hybridized carbons (Fsp3) is 0.118. The molecule has 0 N–H and O–H groups in total. The molecule has 1 nitrogen and oxygen atoms in total. The Morgan fingerprint density at radius 3 is 1.06 bits per heavy atom. The standard InChI is InChI=1S/C10H14O.4C6H5.Sb/c1-10(2,3)8-6-4-5-7-9(8)11;4*1-2-4-6-5-3-1;/h4-7,11H,1-3H3;4*1-5H;/q;;;;;+1/p-1. The van der Waals surface area contributed by atoms with Crippen molar-refractivity contribution < 1.29 is 3.02 Å². The zero-order valence-electron chi connectivity index (χ0n) is 21.2. The zero-order valence-corrected chi connectivity index (χ0v) is 23.8. The third kappa shape index (κ3) is 3.87. The molecule has 0 aliphatic heterocycles. The Hall–Kier alpha value is -3.28. The predicted molar refractivity (Wildman–Crippen MR) is 156 cm³/mol. The van der Waals surface area contributed by atoms with Crippen molar-refractivity contribution in [1.29, 1.82) is 0 Å². The fourth-order valence-electron chi connectivity index (χ4n) is 5.32. The second-order valence-corrected chi connectivity index (χ2v) is 22.5. The van der Waals surface area contributed by atoms with E-state index < -0.39 is 17.8 Å². The molecule has 0 aliphatic rings. The van der Waals surface area contributed by atoms with Gasteiger partial charge in [0.25, 0.3) is 0 Å². The summed E-state index contributed by atoms with van der Waals surface area (Å²) in [7, 11) is 0. The van der Waals surface area contributed by atoms with Gasteiger partial charge in [-0.3, -0.25) is 0 Å². The molecule has 0 fully saturated rings. The van der Waals surface area contributed by atoms with Gasteiger partial charge in [0.05, 0.1) is 0 Å². The van der Waals surface area contributed by atoms with Gasteiger partial charge in [0.15, 0.2) is 0 Å². The Bertz CT molecular complexity index is 1250. The maximum atomic E-state index is 7.89. The van der Waals surface area contributed by atoms with Crippen LogP contribution in [0.25, 0.3) is 0 Å². The van der Waals surface area contributed by atoms with Crippen molar-refractivity contribution in [2.24, 2.45) is 0 Å². The summed E-state index contributed by atoms with van der Waals surface area (Å²) >= 11 is -4.95. The minimum atomic E-state index is -4.95. The van der Waals surface area contributed by atoms with Crippen molar-refractivity contribution in [2.45, 2.75) is 26.2 Å². The molecular weight excluding hydrogens is 546 g/mol. The summed E-state index contributed by atoms with van der Waals surface area (Å²) in [6.45, 7) is 6.77. The molecule has 0 atom stereocenters. The third-order valence-electron chi connectivity index (χ3n) is 6.97. The number of rotatable bonds is 6. The van der Waals surface area contributed by atoms with Crippen LogP contribution in [0.2, 0.25) is 0 Å². The first kappa shape index (κ1) is 24.4. The van der Waals surface area contributed by atoms with Gasteiger partial charge in [-0.2, -0.15) is 0 Å². The van der Waals surface area contributed by atoms with E-state index in [1.807, 2.05) is 0 Å². The predicted octanol–water partition coefficient (Wildman–Crippen LogP) is 5.89. The van der Waals surface area contributed by atoms with Gasteiger partial charge >= 0.3 is 218 Å². The average molecular weight is 579 g/mol. The molecule has 5 rings (SSSR count). The van der Waals surface area contributed by atoms with Gasteiger partial charge in [0.2, 0.25) is 0 Å². The average Bonchev–Trinajstić information content (AvgIpc) is 2.93. The van der Waals surface area contributed by atoms with Crippen LogP contribution in [0.5, 0.6) is 5.75 Å². The van der Waals surface area contributed by atoms with Crippen molar-refractivity contribution >= 4 is 31.9 Å². The summed E-state index contributed by atoms with van der Waals surface area (Å²) < 4.78 is 12.9. The Balaban J connectivity index is 2.03. The van der Waals surface area contributed by atoms with Crippen molar-refractivity contribution in [3.8, 4) is 5.75 Å². The second-order valence-electron chi connectivity index (χ2n) is 10.2. The van der Waals surface area contributed by atoms with Gasteiger partial charge < -0.3 is 0 Å². The van der Waals surface area contributed by atoms with E-state index in [-0.39, 0.29) is 5.41 Å². The molecule has 0 unspecified atom stereocenters. The first-order chi connectivity index (χ1) is 17.5. The number of hydrogen-bond donors (Lipinski definition) is 0. The molecule has 0 saturated heterocycles. The van der Waals surface area contributed by atoms with Crippen molar-refractivity contribution in [1.82, 2.24) is 0 Å². The summed E-state index contributed by atoms with van der Waals surface area (Å²) in [6.07, 6.45) is 0. The van der Waals surface area contributed by atoms with Gasteiger partial charge in [-0.15, -0.1) is 0 Å².